The maximum absolute atomic E-state index is 12.0. The summed E-state index contributed by atoms with van der Waals surface area (Å²) in [6.07, 6.45) is 1.58. The first-order chi connectivity index (χ1) is 10.1. The summed E-state index contributed by atoms with van der Waals surface area (Å²) >= 11 is 1.94. The molecular weight excluding hydrogens is 391 g/mol. The lowest BCUT2D eigenvalue weighted by Gasteiger charge is -2.10. The van der Waals surface area contributed by atoms with E-state index in [4.69, 9.17) is 14.2 Å². The van der Waals surface area contributed by atoms with Crippen molar-refractivity contribution < 1.29 is 14.2 Å². The van der Waals surface area contributed by atoms with E-state index in [9.17, 15) is 9.59 Å². The van der Waals surface area contributed by atoms with Gasteiger partial charge in [0.15, 0.2) is 0 Å². The van der Waals surface area contributed by atoms with Gasteiger partial charge in [-0.1, -0.05) is 0 Å². The molecular formula is C13H21IN2O5. The minimum atomic E-state index is -0.303. The van der Waals surface area contributed by atoms with E-state index in [-0.39, 0.29) is 17.8 Å². The van der Waals surface area contributed by atoms with Gasteiger partial charge in [0, 0.05) is 19.9 Å². The van der Waals surface area contributed by atoms with Crippen molar-refractivity contribution in [3.63, 3.8) is 0 Å². The molecule has 0 aliphatic carbocycles. The number of methoxy groups -OCH3 is 1. The molecule has 0 saturated heterocycles. The van der Waals surface area contributed by atoms with E-state index in [1.54, 1.807) is 13.3 Å². The van der Waals surface area contributed by atoms with Crippen LogP contribution in [0.1, 0.15) is 6.92 Å². The standard InChI is InChI=1S/C13H21IN2O5/c1-3-15-10-11(14)12(17)16(13(15)18)4-5-20-8-9-21-7-6-19-2/h10H,3-9H2,1-2H3. The summed E-state index contributed by atoms with van der Waals surface area (Å²) in [5, 5.41) is 0. The molecule has 0 aromatic carbocycles. The van der Waals surface area contributed by atoms with Crippen LogP contribution in [-0.4, -0.2) is 49.3 Å². The lowest BCUT2D eigenvalue weighted by molar-refractivity contribution is 0.0226. The van der Waals surface area contributed by atoms with Crippen LogP contribution in [0, 0.1) is 3.57 Å². The van der Waals surface area contributed by atoms with E-state index in [2.05, 4.69) is 0 Å². The van der Waals surface area contributed by atoms with Crippen LogP contribution in [0.2, 0.25) is 0 Å². The Labute approximate surface area is 137 Å². The highest BCUT2D eigenvalue weighted by Crippen LogP contribution is 1.94. The molecule has 1 heterocycles. The molecule has 0 fully saturated rings. The van der Waals surface area contributed by atoms with Gasteiger partial charge >= 0.3 is 5.69 Å². The molecule has 0 unspecified atom stereocenters. The summed E-state index contributed by atoms with van der Waals surface area (Å²) in [5.74, 6) is 0. The number of rotatable bonds is 10. The second-order valence-electron chi connectivity index (χ2n) is 4.22. The number of ether oxygens (including phenoxy) is 3. The molecule has 21 heavy (non-hydrogen) atoms. The van der Waals surface area contributed by atoms with Crippen LogP contribution >= 0.6 is 22.6 Å². The number of halogens is 1. The van der Waals surface area contributed by atoms with Crippen LogP contribution in [0.3, 0.4) is 0 Å². The third-order valence-electron chi connectivity index (χ3n) is 2.80. The SMILES string of the molecule is CCn1cc(I)c(=O)n(CCOCCOCCOC)c1=O. The zero-order valence-corrected chi connectivity index (χ0v) is 14.5. The number of nitrogens with zero attached hydrogens (tertiary/aromatic N) is 2. The minimum absolute atomic E-state index is 0.243. The molecule has 0 radical (unpaired) electrons. The van der Waals surface area contributed by atoms with E-state index in [1.807, 2.05) is 29.5 Å². The lowest BCUT2D eigenvalue weighted by Crippen LogP contribution is -2.41. The first-order valence-corrected chi connectivity index (χ1v) is 7.83. The van der Waals surface area contributed by atoms with Gasteiger partial charge in [0.25, 0.3) is 5.56 Å². The molecule has 0 N–H and O–H groups in total. The van der Waals surface area contributed by atoms with Gasteiger partial charge in [-0.25, -0.2) is 4.79 Å². The molecule has 0 aliphatic rings. The molecule has 8 heteroatoms. The summed E-state index contributed by atoms with van der Waals surface area (Å²) in [7, 11) is 1.61. The van der Waals surface area contributed by atoms with Crippen LogP contribution in [-0.2, 0) is 27.3 Å². The Hall–Kier alpha value is -0.710. The summed E-state index contributed by atoms with van der Waals surface area (Å²) in [4.78, 5) is 24.0. The van der Waals surface area contributed by atoms with Crippen LogP contribution < -0.4 is 11.2 Å². The molecule has 0 saturated carbocycles. The molecule has 7 nitrogen and oxygen atoms in total. The quantitative estimate of drug-likeness (QED) is 0.409. The fraction of sp³-hybridized carbons (Fsp3) is 0.692. The van der Waals surface area contributed by atoms with E-state index < -0.39 is 0 Å². The molecule has 0 spiro atoms. The van der Waals surface area contributed by atoms with Gasteiger partial charge in [0.05, 0.1) is 43.1 Å². The second kappa shape index (κ2) is 10.1. The summed E-state index contributed by atoms with van der Waals surface area (Å²) in [6, 6.07) is 0. The summed E-state index contributed by atoms with van der Waals surface area (Å²) < 4.78 is 18.7. The molecule has 120 valence electrons. The molecule has 1 aromatic rings. The zero-order valence-electron chi connectivity index (χ0n) is 12.3. The first kappa shape index (κ1) is 18.3. The van der Waals surface area contributed by atoms with Crippen LogP contribution in [0.4, 0.5) is 0 Å². The van der Waals surface area contributed by atoms with E-state index in [0.29, 0.717) is 43.1 Å². The zero-order chi connectivity index (χ0) is 15.7. The number of aromatic nitrogens is 2. The van der Waals surface area contributed by atoms with E-state index in [1.165, 1.54) is 9.13 Å². The lowest BCUT2D eigenvalue weighted by atomic mass is 10.5. The third kappa shape index (κ3) is 5.89. The molecule has 1 aromatic heterocycles. The van der Waals surface area contributed by atoms with Crippen molar-refractivity contribution in [1.29, 1.82) is 0 Å². The van der Waals surface area contributed by atoms with Crippen molar-refractivity contribution in [1.82, 2.24) is 9.13 Å². The van der Waals surface area contributed by atoms with Crippen molar-refractivity contribution in [3.8, 4) is 0 Å². The van der Waals surface area contributed by atoms with Crippen molar-refractivity contribution in [2.75, 3.05) is 40.1 Å². The maximum Gasteiger partial charge on any atom is 0.331 e. The third-order valence-corrected chi connectivity index (χ3v) is 3.54. The fourth-order valence-corrected chi connectivity index (χ4v) is 2.29. The van der Waals surface area contributed by atoms with E-state index >= 15 is 0 Å². The van der Waals surface area contributed by atoms with Crippen molar-refractivity contribution in [3.05, 3.63) is 30.6 Å². The Morgan fingerprint density at radius 2 is 1.71 bits per heavy atom. The Bertz CT molecular complexity index is 540. The average Bonchev–Trinajstić information content (AvgIpc) is 2.48. The van der Waals surface area contributed by atoms with Crippen LogP contribution in [0.15, 0.2) is 15.8 Å². The van der Waals surface area contributed by atoms with E-state index in [0.717, 1.165) is 0 Å². The highest BCUT2D eigenvalue weighted by molar-refractivity contribution is 14.1. The normalized spacial score (nSPS) is 11.0. The van der Waals surface area contributed by atoms with Gasteiger partial charge in [0.1, 0.15) is 0 Å². The Morgan fingerprint density at radius 3 is 2.33 bits per heavy atom. The highest BCUT2D eigenvalue weighted by Gasteiger charge is 2.08. The fourth-order valence-electron chi connectivity index (χ4n) is 1.66. The van der Waals surface area contributed by atoms with Crippen molar-refractivity contribution in [2.45, 2.75) is 20.0 Å². The van der Waals surface area contributed by atoms with Crippen LogP contribution in [0.5, 0.6) is 0 Å². The summed E-state index contributed by atoms with van der Waals surface area (Å²) in [5.41, 5.74) is -0.576. The van der Waals surface area contributed by atoms with Gasteiger partial charge in [-0.2, -0.15) is 0 Å². The molecule has 0 amide bonds. The Morgan fingerprint density at radius 1 is 1.10 bits per heavy atom. The highest BCUT2D eigenvalue weighted by atomic mass is 127. The summed E-state index contributed by atoms with van der Waals surface area (Å²) in [6.45, 7) is 4.89. The molecule has 0 bridgehead atoms. The predicted molar refractivity (Wildman–Crippen MR) is 86.9 cm³/mol. The largest absolute Gasteiger partial charge is 0.382 e. The van der Waals surface area contributed by atoms with Gasteiger partial charge in [-0.15, -0.1) is 0 Å². The Balaban J connectivity index is 2.44. The first-order valence-electron chi connectivity index (χ1n) is 6.76. The molecule has 1 rings (SSSR count). The monoisotopic (exact) mass is 412 g/mol. The van der Waals surface area contributed by atoms with Gasteiger partial charge in [-0.3, -0.25) is 13.9 Å². The predicted octanol–water partition coefficient (Wildman–Crippen LogP) is 0.314. The van der Waals surface area contributed by atoms with Gasteiger partial charge in [-0.05, 0) is 29.5 Å². The molecule has 0 atom stereocenters. The average molecular weight is 412 g/mol. The maximum atomic E-state index is 12.0. The van der Waals surface area contributed by atoms with Crippen molar-refractivity contribution in [2.24, 2.45) is 0 Å². The minimum Gasteiger partial charge on any atom is -0.382 e. The number of hydrogen-bond donors (Lipinski definition) is 0. The molecule has 0 aliphatic heterocycles. The van der Waals surface area contributed by atoms with Crippen LogP contribution in [0.25, 0.3) is 0 Å². The number of aryl methyl sites for hydroxylation is 1. The Kier molecular flexibility index (Phi) is 8.81. The smallest absolute Gasteiger partial charge is 0.331 e. The second-order valence-corrected chi connectivity index (χ2v) is 5.38. The van der Waals surface area contributed by atoms with Gasteiger partial charge < -0.3 is 14.2 Å². The number of hydrogen-bond acceptors (Lipinski definition) is 5. The van der Waals surface area contributed by atoms with Gasteiger partial charge in [0.2, 0.25) is 0 Å². The van der Waals surface area contributed by atoms with Crippen molar-refractivity contribution >= 4 is 22.6 Å². The topological polar surface area (TPSA) is 71.7 Å².